The molecule has 4 heteroatoms. The molecule has 1 heterocycles. The molecule has 1 aliphatic heterocycles. The van der Waals surface area contributed by atoms with Gasteiger partial charge in [0.25, 0.3) is 0 Å². The van der Waals surface area contributed by atoms with E-state index in [1.54, 1.807) is 0 Å². The van der Waals surface area contributed by atoms with Gasteiger partial charge in [0, 0.05) is 18.2 Å². The number of piperidine rings is 1. The van der Waals surface area contributed by atoms with Crippen molar-refractivity contribution in [3.8, 4) is 0 Å². The van der Waals surface area contributed by atoms with Crippen LogP contribution in [-0.4, -0.2) is 36.7 Å². The SMILES string of the molecule is Cc1ccc(NC(=O)CN2CCCC(C=O)C2)cc1. The maximum atomic E-state index is 11.9. The van der Waals surface area contributed by atoms with Crippen LogP contribution in [0.3, 0.4) is 0 Å². The molecule has 1 aromatic carbocycles. The Hall–Kier alpha value is -1.68. The van der Waals surface area contributed by atoms with Crippen molar-refractivity contribution < 1.29 is 9.59 Å². The molecular weight excluding hydrogens is 240 g/mol. The summed E-state index contributed by atoms with van der Waals surface area (Å²) in [5, 5.41) is 2.88. The monoisotopic (exact) mass is 260 g/mol. The van der Waals surface area contributed by atoms with Crippen LogP contribution in [0.15, 0.2) is 24.3 Å². The van der Waals surface area contributed by atoms with Gasteiger partial charge in [-0.3, -0.25) is 9.69 Å². The van der Waals surface area contributed by atoms with Crippen LogP contribution in [0.1, 0.15) is 18.4 Å². The number of hydrogen-bond acceptors (Lipinski definition) is 3. The van der Waals surface area contributed by atoms with Crippen LogP contribution in [0, 0.1) is 12.8 Å². The highest BCUT2D eigenvalue weighted by Crippen LogP contribution is 2.14. The summed E-state index contributed by atoms with van der Waals surface area (Å²) in [5.41, 5.74) is 1.99. The summed E-state index contributed by atoms with van der Waals surface area (Å²) in [6.07, 6.45) is 2.94. The summed E-state index contributed by atoms with van der Waals surface area (Å²) in [6, 6.07) is 7.74. The van der Waals surface area contributed by atoms with Gasteiger partial charge in [-0.1, -0.05) is 17.7 Å². The quantitative estimate of drug-likeness (QED) is 0.840. The molecular formula is C15H20N2O2. The Labute approximate surface area is 113 Å². The average Bonchev–Trinajstić information content (AvgIpc) is 2.41. The van der Waals surface area contributed by atoms with Crippen molar-refractivity contribution in [1.29, 1.82) is 0 Å². The van der Waals surface area contributed by atoms with E-state index in [2.05, 4.69) is 5.32 Å². The van der Waals surface area contributed by atoms with Crippen molar-refractivity contribution in [2.75, 3.05) is 25.0 Å². The number of aldehydes is 1. The highest BCUT2D eigenvalue weighted by Gasteiger charge is 2.20. The molecule has 1 atom stereocenters. The highest BCUT2D eigenvalue weighted by atomic mass is 16.2. The molecule has 1 fully saturated rings. The van der Waals surface area contributed by atoms with Crippen molar-refractivity contribution in [2.45, 2.75) is 19.8 Å². The summed E-state index contributed by atoms with van der Waals surface area (Å²) >= 11 is 0. The number of hydrogen-bond donors (Lipinski definition) is 1. The third-order valence-electron chi connectivity index (χ3n) is 3.44. The average molecular weight is 260 g/mol. The number of rotatable bonds is 4. The zero-order valence-electron chi connectivity index (χ0n) is 11.3. The Morgan fingerprint density at radius 1 is 1.42 bits per heavy atom. The van der Waals surface area contributed by atoms with Crippen LogP contribution in [-0.2, 0) is 9.59 Å². The van der Waals surface area contributed by atoms with Crippen molar-refractivity contribution in [3.63, 3.8) is 0 Å². The van der Waals surface area contributed by atoms with Gasteiger partial charge in [0.15, 0.2) is 0 Å². The molecule has 1 aromatic rings. The molecule has 0 bridgehead atoms. The number of likely N-dealkylation sites (tertiary alicyclic amines) is 1. The molecule has 1 unspecified atom stereocenters. The van der Waals surface area contributed by atoms with Gasteiger partial charge in [0.2, 0.25) is 5.91 Å². The van der Waals surface area contributed by atoms with Gasteiger partial charge in [-0.05, 0) is 38.4 Å². The van der Waals surface area contributed by atoms with Crippen LogP contribution in [0.5, 0.6) is 0 Å². The second-order valence-electron chi connectivity index (χ2n) is 5.19. The van der Waals surface area contributed by atoms with Gasteiger partial charge >= 0.3 is 0 Å². The van der Waals surface area contributed by atoms with E-state index >= 15 is 0 Å². The summed E-state index contributed by atoms with van der Waals surface area (Å²) < 4.78 is 0. The van der Waals surface area contributed by atoms with Crippen molar-refractivity contribution in [3.05, 3.63) is 29.8 Å². The number of nitrogens with zero attached hydrogens (tertiary/aromatic N) is 1. The molecule has 0 spiro atoms. The van der Waals surface area contributed by atoms with Gasteiger partial charge in [-0.25, -0.2) is 0 Å². The Morgan fingerprint density at radius 3 is 2.84 bits per heavy atom. The summed E-state index contributed by atoms with van der Waals surface area (Å²) in [4.78, 5) is 24.8. The molecule has 0 aliphatic carbocycles. The maximum absolute atomic E-state index is 11.9. The number of aryl methyl sites for hydroxylation is 1. The second kappa shape index (κ2) is 6.48. The predicted octanol–water partition coefficient (Wildman–Crippen LogP) is 1.84. The van der Waals surface area contributed by atoms with Crippen LogP contribution in [0.2, 0.25) is 0 Å². The fourth-order valence-corrected chi connectivity index (χ4v) is 2.39. The minimum Gasteiger partial charge on any atom is -0.325 e. The summed E-state index contributed by atoms with van der Waals surface area (Å²) in [7, 11) is 0. The van der Waals surface area contributed by atoms with Crippen molar-refractivity contribution in [1.82, 2.24) is 4.90 Å². The molecule has 1 aliphatic rings. The van der Waals surface area contributed by atoms with Gasteiger partial charge in [-0.2, -0.15) is 0 Å². The van der Waals surface area contributed by atoms with E-state index < -0.39 is 0 Å². The molecule has 2 rings (SSSR count). The summed E-state index contributed by atoms with van der Waals surface area (Å²) in [5.74, 6) is 0.0660. The number of nitrogens with one attached hydrogen (secondary N) is 1. The molecule has 1 N–H and O–H groups in total. The third kappa shape index (κ3) is 4.17. The standard InChI is InChI=1S/C15H20N2O2/c1-12-4-6-14(7-5-12)16-15(19)10-17-8-2-3-13(9-17)11-18/h4-7,11,13H,2-3,8-10H2,1H3,(H,16,19). The van der Waals surface area contributed by atoms with Crippen molar-refractivity contribution >= 4 is 17.9 Å². The minimum absolute atomic E-state index is 0.0181. The van der Waals surface area contributed by atoms with Crippen LogP contribution in [0.25, 0.3) is 0 Å². The van der Waals surface area contributed by atoms with Crippen LogP contribution < -0.4 is 5.32 Å². The number of amides is 1. The first kappa shape index (κ1) is 13.7. The fraction of sp³-hybridized carbons (Fsp3) is 0.467. The lowest BCUT2D eigenvalue weighted by atomic mass is 10.00. The molecule has 0 saturated carbocycles. The fourth-order valence-electron chi connectivity index (χ4n) is 2.39. The number of anilines is 1. The normalized spacial score (nSPS) is 19.9. The van der Waals surface area contributed by atoms with E-state index in [1.165, 1.54) is 5.56 Å². The molecule has 4 nitrogen and oxygen atoms in total. The van der Waals surface area contributed by atoms with Crippen LogP contribution >= 0.6 is 0 Å². The van der Waals surface area contributed by atoms with E-state index in [0.29, 0.717) is 13.1 Å². The first-order chi connectivity index (χ1) is 9.17. The Kier molecular flexibility index (Phi) is 4.68. The minimum atomic E-state index is -0.0181. The maximum Gasteiger partial charge on any atom is 0.238 e. The van der Waals surface area contributed by atoms with Crippen molar-refractivity contribution in [2.24, 2.45) is 5.92 Å². The molecule has 19 heavy (non-hydrogen) atoms. The second-order valence-corrected chi connectivity index (χ2v) is 5.19. The third-order valence-corrected chi connectivity index (χ3v) is 3.44. The lowest BCUT2D eigenvalue weighted by Crippen LogP contribution is -2.40. The largest absolute Gasteiger partial charge is 0.325 e. The van der Waals surface area contributed by atoms with E-state index in [-0.39, 0.29) is 11.8 Å². The van der Waals surface area contributed by atoms with Gasteiger partial charge in [0.05, 0.1) is 6.54 Å². The zero-order valence-corrected chi connectivity index (χ0v) is 11.3. The van der Waals surface area contributed by atoms with Gasteiger partial charge in [-0.15, -0.1) is 0 Å². The van der Waals surface area contributed by atoms with Gasteiger partial charge in [0.1, 0.15) is 6.29 Å². The van der Waals surface area contributed by atoms with E-state index in [9.17, 15) is 9.59 Å². The lowest BCUT2D eigenvalue weighted by molar-refractivity contribution is -0.119. The summed E-state index contributed by atoms with van der Waals surface area (Å²) in [6.45, 7) is 3.97. The first-order valence-corrected chi connectivity index (χ1v) is 6.71. The Morgan fingerprint density at radius 2 is 2.16 bits per heavy atom. The molecule has 0 aromatic heterocycles. The first-order valence-electron chi connectivity index (χ1n) is 6.71. The Balaban J connectivity index is 1.83. The molecule has 1 saturated heterocycles. The number of carbonyl (C=O) groups is 2. The smallest absolute Gasteiger partial charge is 0.238 e. The lowest BCUT2D eigenvalue weighted by Gasteiger charge is -2.29. The van der Waals surface area contributed by atoms with Crippen LogP contribution in [0.4, 0.5) is 5.69 Å². The topological polar surface area (TPSA) is 49.4 Å². The highest BCUT2D eigenvalue weighted by molar-refractivity contribution is 5.92. The van der Waals surface area contributed by atoms with Gasteiger partial charge < -0.3 is 10.1 Å². The predicted molar refractivity (Wildman–Crippen MR) is 75.0 cm³/mol. The molecule has 0 radical (unpaired) electrons. The zero-order chi connectivity index (χ0) is 13.7. The van der Waals surface area contributed by atoms with E-state index in [0.717, 1.165) is 31.4 Å². The number of carbonyl (C=O) groups excluding carboxylic acids is 2. The number of benzene rings is 1. The molecule has 1 amide bonds. The van der Waals surface area contributed by atoms with E-state index in [1.807, 2.05) is 36.1 Å². The molecule has 102 valence electrons. The van der Waals surface area contributed by atoms with E-state index in [4.69, 9.17) is 0 Å². The Bertz CT molecular complexity index is 442.